The number of fused-ring (bicyclic) bond motifs is 1. The molecule has 0 atom stereocenters. The van der Waals surface area contributed by atoms with E-state index in [9.17, 15) is 0 Å². The van der Waals surface area contributed by atoms with Crippen LogP contribution in [0.15, 0.2) is 12.1 Å². The lowest BCUT2D eigenvalue weighted by atomic mass is 10.0. The van der Waals surface area contributed by atoms with E-state index >= 15 is 0 Å². The third kappa shape index (κ3) is 2.55. The third-order valence-corrected chi connectivity index (χ3v) is 3.79. The lowest BCUT2D eigenvalue weighted by Crippen LogP contribution is -2.07. The summed E-state index contributed by atoms with van der Waals surface area (Å²) in [5, 5.41) is 5.16. The molecule has 0 bridgehead atoms. The predicted molar refractivity (Wildman–Crippen MR) is 86.2 cm³/mol. The first-order valence-corrected chi connectivity index (χ1v) is 7.41. The number of hydrogen-bond acceptors (Lipinski definition) is 3. The Kier molecular flexibility index (Phi) is 4.71. The van der Waals surface area contributed by atoms with Gasteiger partial charge in [-0.05, 0) is 37.5 Å². The van der Waals surface area contributed by atoms with Crippen LogP contribution in [0.4, 0.5) is 5.69 Å². The van der Waals surface area contributed by atoms with E-state index in [2.05, 4.69) is 24.1 Å². The van der Waals surface area contributed by atoms with Crippen molar-refractivity contribution < 1.29 is 4.74 Å². The summed E-state index contributed by atoms with van der Waals surface area (Å²) in [6.45, 7) is 7.25. The number of benzene rings is 1. The number of anilines is 1. The number of methoxy groups -OCH3 is 1. The molecular weight excluding hydrogens is 272 g/mol. The molecule has 0 fully saturated rings. The Bertz CT molecular complexity index is 626. The largest absolute Gasteiger partial charge is 0.496 e. The maximum absolute atomic E-state index is 6.31. The molecule has 0 spiro atoms. The van der Waals surface area contributed by atoms with Gasteiger partial charge in [0.25, 0.3) is 0 Å². The Hall–Kier alpha value is -1.48. The van der Waals surface area contributed by atoms with Crippen molar-refractivity contribution in [2.75, 3.05) is 19.0 Å². The van der Waals surface area contributed by atoms with Crippen LogP contribution in [0.5, 0.6) is 5.75 Å². The minimum Gasteiger partial charge on any atom is -0.496 e. The molecule has 108 valence electrons. The molecule has 4 heteroatoms. The maximum atomic E-state index is 6.31. The first-order valence-electron chi connectivity index (χ1n) is 7.03. The molecule has 20 heavy (non-hydrogen) atoms. The molecule has 0 saturated heterocycles. The van der Waals surface area contributed by atoms with Gasteiger partial charge in [-0.15, -0.1) is 0 Å². The highest BCUT2D eigenvalue weighted by Crippen LogP contribution is 2.38. The van der Waals surface area contributed by atoms with E-state index in [1.165, 1.54) is 5.56 Å². The van der Waals surface area contributed by atoms with E-state index in [1.54, 1.807) is 7.11 Å². The summed E-state index contributed by atoms with van der Waals surface area (Å²) < 4.78 is 5.50. The van der Waals surface area contributed by atoms with E-state index < -0.39 is 0 Å². The minimum absolute atomic E-state index is 0.658. The molecule has 1 heterocycles. The number of ether oxygens (including phenoxy) is 1. The standard InChI is InChI=1S/C16H21ClN2O/c1-5-9-18-15-11(6-2)10(3)19-16-12(17)7-8-13(20-4)14(15)16/h7-8H,5-6,9H2,1-4H3,(H,18,19). The molecule has 0 radical (unpaired) electrons. The van der Waals surface area contributed by atoms with Crippen molar-refractivity contribution in [3.63, 3.8) is 0 Å². The van der Waals surface area contributed by atoms with Gasteiger partial charge in [-0.3, -0.25) is 4.98 Å². The molecule has 0 aliphatic carbocycles. The predicted octanol–water partition coefficient (Wildman–Crippen LogP) is 4.59. The molecule has 3 nitrogen and oxygen atoms in total. The summed E-state index contributed by atoms with van der Waals surface area (Å²) >= 11 is 6.31. The van der Waals surface area contributed by atoms with E-state index in [4.69, 9.17) is 16.3 Å². The van der Waals surface area contributed by atoms with Crippen LogP contribution in [0.3, 0.4) is 0 Å². The summed E-state index contributed by atoms with van der Waals surface area (Å²) in [7, 11) is 1.68. The summed E-state index contributed by atoms with van der Waals surface area (Å²) in [6, 6.07) is 3.74. The number of nitrogens with zero attached hydrogens (tertiary/aromatic N) is 1. The van der Waals surface area contributed by atoms with Gasteiger partial charge in [-0.2, -0.15) is 0 Å². The normalized spacial score (nSPS) is 10.8. The van der Waals surface area contributed by atoms with Gasteiger partial charge in [-0.1, -0.05) is 25.4 Å². The topological polar surface area (TPSA) is 34.2 Å². The molecule has 0 saturated carbocycles. The lowest BCUT2D eigenvalue weighted by molar-refractivity contribution is 0.420. The molecule has 0 unspecified atom stereocenters. The van der Waals surface area contributed by atoms with Crippen molar-refractivity contribution in [3.05, 3.63) is 28.4 Å². The smallest absolute Gasteiger partial charge is 0.130 e. The van der Waals surface area contributed by atoms with Crippen molar-refractivity contribution >= 4 is 28.2 Å². The van der Waals surface area contributed by atoms with Crippen molar-refractivity contribution in [2.45, 2.75) is 33.6 Å². The highest BCUT2D eigenvalue weighted by Gasteiger charge is 2.16. The van der Waals surface area contributed by atoms with Crippen LogP contribution >= 0.6 is 11.6 Å². The number of aryl methyl sites for hydroxylation is 1. The number of nitrogens with one attached hydrogen (secondary N) is 1. The second-order valence-corrected chi connectivity index (χ2v) is 5.21. The van der Waals surface area contributed by atoms with Gasteiger partial charge in [0.15, 0.2) is 0 Å². The number of halogens is 1. The van der Waals surface area contributed by atoms with Crippen LogP contribution in [0.25, 0.3) is 10.9 Å². The Morgan fingerprint density at radius 2 is 2.05 bits per heavy atom. The highest BCUT2D eigenvalue weighted by molar-refractivity contribution is 6.35. The minimum atomic E-state index is 0.658. The molecule has 0 aliphatic heterocycles. The summed E-state index contributed by atoms with van der Waals surface area (Å²) in [5.74, 6) is 0.810. The number of rotatable bonds is 5. The fourth-order valence-corrected chi connectivity index (χ4v) is 2.71. The van der Waals surface area contributed by atoms with Crippen LogP contribution < -0.4 is 10.1 Å². The Labute approximate surface area is 125 Å². The van der Waals surface area contributed by atoms with Gasteiger partial charge in [0.2, 0.25) is 0 Å². The lowest BCUT2D eigenvalue weighted by Gasteiger charge is -2.18. The SMILES string of the molecule is CCCNc1c(CC)c(C)nc2c(Cl)ccc(OC)c12. The number of aromatic nitrogens is 1. The molecule has 2 rings (SSSR count). The zero-order valence-electron chi connectivity index (χ0n) is 12.5. The van der Waals surface area contributed by atoms with Gasteiger partial charge < -0.3 is 10.1 Å². The van der Waals surface area contributed by atoms with Crippen LogP contribution in [-0.4, -0.2) is 18.6 Å². The van der Waals surface area contributed by atoms with Gasteiger partial charge >= 0.3 is 0 Å². The van der Waals surface area contributed by atoms with Crippen LogP contribution in [0.2, 0.25) is 5.02 Å². The first kappa shape index (κ1) is 14.9. The fourth-order valence-electron chi connectivity index (χ4n) is 2.51. The van der Waals surface area contributed by atoms with Gasteiger partial charge in [0, 0.05) is 12.2 Å². The van der Waals surface area contributed by atoms with Gasteiger partial charge in [0.1, 0.15) is 5.75 Å². The average Bonchev–Trinajstić information content (AvgIpc) is 2.45. The van der Waals surface area contributed by atoms with Crippen molar-refractivity contribution in [1.29, 1.82) is 0 Å². The monoisotopic (exact) mass is 292 g/mol. The second-order valence-electron chi connectivity index (χ2n) is 4.80. The van der Waals surface area contributed by atoms with Crippen LogP contribution in [-0.2, 0) is 6.42 Å². The van der Waals surface area contributed by atoms with E-state index in [1.807, 2.05) is 19.1 Å². The third-order valence-electron chi connectivity index (χ3n) is 3.48. The van der Waals surface area contributed by atoms with Crippen molar-refractivity contribution in [2.24, 2.45) is 0 Å². The van der Waals surface area contributed by atoms with E-state index in [0.717, 1.165) is 47.4 Å². The van der Waals surface area contributed by atoms with Crippen molar-refractivity contribution in [3.8, 4) is 5.75 Å². The number of pyridine rings is 1. The van der Waals surface area contributed by atoms with Gasteiger partial charge in [0.05, 0.1) is 28.7 Å². The van der Waals surface area contributed by atoms with Crippen LogP contribution in [0.1, 0.15) is 31.5 Å². The molecule has 0 aliphatic rings. The van der Waals surface area contributed by atoms with Gasteiger partial charge in [-0.25, -0.2) is 0 Å². The van der Waals surface area contributed by atoms with Crippen LogP contribution in [0, 0.1) is 6.92 Å². The quantitative estimate of drug-likeness (QED) is 0.875. The summed E-state index contributed by atoms with van der Waals surface area (Å²) in [4.78, 5) is 4.67. The molecule has 1 aromatic heterocycles. The summed E-state index contributed by atoms with van der Waals surface area (Å²) in [6.07, 6.45) is 1.99. The highest BCUT2D eigenvalue weighted by atomic mass is 35.5. The zero-order chi connectivity index (χ0) is 14.7. The molecule has 2 aromatic rings. The van der Waals surface area contributed by atoms with E-state index in [0.29, 0.717) is 5.02 Å². The Morgan fingerprint density at radius 3 is 2.65 bits per heavy atom. The molecule has 1 N–H and O–H groups in total. The number of hydrogen-bond donors (Lipinski definition) is 1. The average molecular weight is 293 g/mol. The molecule has 0 amide bonds. The second kappa shape index (κ2) is 6.31. The molecular formula is C16H21ClN2O. The zero-order valence-corrected chi connectivity index (χ0v) is 13.3. The maximum Gasteiger partial charge on any atom is 0.130 e. The first-order chi connectivity index (χ1) is 9.63. The van der Waals surface area contributed by atoms with Crippen molar-refractivity contribution in [1.82, 2.24) is 4.98 Å². The van der Waals surface area contributed by atoms with E-state index in [-0.39, 0.29) is 0 Å². The molecule has 1 aromatic carbocycles. The fraction of sp³-hybridized carbons (Fsp3) is 0.438. The Balaban J connectivity index is 2.82. The Morgan fingerprint density at radius 1 is 1.30 bits per heavy atom. The summed E-state index contributed by atoms with van der Waals surface area (Å²) in [5.41, 5.74) is 4.16.